The number of fused-ring (bicyclic) bond motifs is 1. The third kappa shape index (κ3) is 2.66. The first-order chi connectivity index (χ1) is 9.78. The minimum Gasteiger partial charge on any atom is -0.480 e. The number of benzene rings is 1. The van der Waals surface area contributed by atoms with Crippen molar-refractivity contribution >= 4 is 5.91 Å². The van der Waals surface area contributed by atoms with Crippen LogP contribution in [0.15, 0.2) is 24.3 Å². The Morgan fingerprint density at radius 3 is 3.10 bits per heavy atom. The minimum absolute atomic E-state index is 0.142. The van der Waals surface area contributed by atoms with E-state index in [9.17, 15) is 4.79 Å². The van der Waals surface area contributed by atoms with Gasteiger partial charge in [-0.3, -0.25) is 4.79 Å². The summed E-state index contributed by atoms with van der Waals surface area (Å²) in [6.45, 7) is 4.73. The predicted octanol–water partition coefficient (Wildman–Crippen LogP) is 1.59. The lowest BCUT2D eigenvalue weighted by molar-refractivity contribution is -0.139. The Morgan fingerprint density at radius 1 is 1.45 bits per heavy atom. The maximum absolute atomic E-state index is 12.6. The van der Waals surface area contributed by atoms with E-state index in [1.54, 1.807) is 0 Å². The number of piperidine rings is 1. The van der Waals surface area contributed by atoms with Gasteiger partial charge >= 0.3 is 0 Å². The van der Waals surface area contributed by atoms with E-state index in [0.717, 1.165) is 43.8 Å². The number of nitrogens with zero attached hydrogens (tertiary/aromatic N) is 1. The molecule has 2 atom stereocenters. The van der Waals surface area contributed by atoms with E-state index in [2.05, 4.69) is 12.2 Å². The Bertz CT molecular complexity index is 462. The van der Waals surface area contributed by atoms with Crippen LogP contribution in [0.5, 0.6) is 5.75 Å². The van der Waals surface area contributed by atoms with Crippen LogP contribution in [0.3, 0.4) is 0 Å². The minimum atomic E-state index is -0.326. The summed E-state index contributed by atoms with van der Waals surface area (Å²) in [6, 6.07) is 8.37. The third-order valence-corrected chi connectivity index (χ3v) is 4.15. The molecule has 20 heavy (non-hydrogen) atoms. The van der Waals surface area contributed by atoms with Crippen molar-refractivity contribution in [3.8, 4) is 5.75 Å². The van der Waals surface area contributed by atoms with Crippen molar-refractivity contribution in [2.45, 2.75) is 38.3 Å². The predicted molar refractivity (Wildman–Crippen MR) is 77.8 cm³/mol. The third-order valence-electron chi connectivity index (χ3n) is 4.15. The molecule has 108 valence electrons. The number of nitrogens with one attached hydrogen (secondary N) is 1. The van der Waals surface area contributed by atoms with Gasteiger partial charge in [0.1, 0.15) is 5.75 Å². The molecule has 0 radical (unpaired) electrons. The summed E-state index contributed by atoms with van der Waals surface area (Å²) >= 11 is 0. The second-order valence-corrected chi connectivity index (χ2v) is 5.60. The Kier molecular flexibility index (Phi) is 3.92. The zero-order valence-electron chi connectivity index (χ0n) is 12.0. The van der Waals surface area contributed by atoms with Gasteiger partial charge in [-0.05, 0) is 31.0 Å². The van der Waals surface area contributed by atoms with E-state index in [4.69, 9.17) is 4.74 Å². The highest BCUT2D eigenvalue weighted by Crippen LogP contribution is 2.29. The molecule has 1 amide bonds. The molecule has 0 aliphatic carbocycles. The highest BCUT2D eigenvalue weighted by Gasteiger charge is 2.34. The van der Waals surface area contributed by atoms with Crippen LogP contribution in [-0.4, -0.2) is 42.6 Å². The van der Waals surface area contributed by atoms with Crippen LogP contribution in [0.4, 0.5) is 0 Å². The highest BCUT2D eigenvalue weighted by atomic mass is 16.5. The molecule has 2 aliphatic heterocycles. The number of carbonyl (C=O) groups is 1. The van der Waals surface area contributed by atoms with Crippen LogP contribution in [0, 0.1) is 0 Å². The van der Waals surface area contributed by atoms with Gasteiger partial charge in [0.15, 0.2) is 6.10 Å². The first kappa shape index (κ1) is 13.4. The highest BCUT2D eigenvalue weighted by molar-refractivity contribution is 5.82. The molecule has 0 aromatic heterocycles. The molecule has 0 saturated carbocycles. The van der Waals surface area contributed by atoms with Crippen molar-refractivity contribution in [1.82, 2.24) is 10.2 Å². The summed E-state index contributed by atoms with van der Waals surface area (Å²) in [7, 11) is 0. The van der Waals surface area contributed by atoms with Gasteiger partial charge in [-0.1, -0.05) is 25.1 Å². The first-order valence-electron chi connectivity index (χ1n) is 7.54. The fourth-order valence-electron chi connectivity index (χ4n) is 3.16. The van der Waals surface area contributed by atoms with Crippen LogP contribution in [0.2, 0.25) is 0 Å². The number of amides is 1. The average Bonchev–Trinajstić information content (AvgIpc) is 2.91. The average molecular weight is 274 g/mol. The molecule has 4 heteroatoms. The number of ether oxygens (including phenoxy) is 1. The quantitative estimate of drug-likeness (QED) is 0.910. The van der Waals surface area contributed by atoms with E-state index in [0.29, 0.717) is 12.5 Å². The summed E-state index contributed by atoms with van der Waals surface area (Å²) in [6.07, 6.45) is 2.61. The standard InChI is InChI=1S/C16H22N2O2/c1-2-17-13-7-5-9-18(11-13)16(19)15-10-12-6-3-4-8-14(12)20-15/h3-4,6,8,13,15,17H,2,5,7,9-11H2,1H3. The monoisotopic (exact) mass is 274 g/mol. The summed E-state index contributed by atoms with van der Waals surface area (Å²) in [5.74, 6) is 1.01. The molecular weight excluding hydrogens is 252 g/mol. The van der Waals surface area contributed by atoms with Crippen LogP contribution in [-0.2, 0) is 11.2 Å². The first-order valence-corrected chi connectivity index (χ1v) is 7.54. The number of rotatable bonds is 3. The SMILES string of the molecule is CCNC1CCCN(C(=O)C2Cc3ccccc3O2)C1. The van der Waals surface area contributed by atoms with Crippen LogP contribution < -0.4 is 10.1 Å². The lowest BCUT2D eigenvalue weighted by Crippen LogP contribution is -2.51. The molecule has 2 heterocycles. The van der Waals surface area contributed by atoms with E-state index in [1.165, 1.54) is 0 Å². The van der Waals surface area contributed by atoms with Crippen LogP contribution >= 0.6 is 0 Å². The molecule has 1 fully saturated rings. The maximum Gasteiger partial charge on any atom is 0.264 e. The molecule has 2 unspecified atom stereocenters. The zero-order chi connectivity index (χ0) is 13.9. The van der Waals surface area contributed by atoms with Gasteiger partial charge in [-0.2, -0.15) is 0 Å². The normalized spacial score (nSPS) is 25.1. The molecule has 2 aliphatic rings. The smallest absolute Gasteiger partial charge is 0.264 e. The molecule has 1 aromatic carbocycles. The molecule has 0 bridgehead atoms. The molecule has 3 rings (SSSR count). The van der Waals surface area contributed by atoms with Gasteiger partial charge in [0.25, 0.3) is 5.91 Å². The van der Waals surface area contributed by atoms with Gasteiger partial charge in [-0.25, -0.2) is 0 Å². The van der Waals surface area contributed by atoms with Crippen molar-refractivity contribution < 1.29 is 9.53 Å². The second kappa shape index (κ2) is 5.83. The number of likely N-dealkylation sites (N-methyl/N-ethyl adjacent to an activating group) is 1. The van der Waals surface area contributed by atoms with E-state index >= 15 is 0 Å². The van der Waals surface area contributed by atoms with E-state index < -0.39 is 0 Å². The summed E-state index contributed by atoms with van der Waals surface area (Å²) in [5, 5.41) is 3.44. The topological polar surface area (TPSA) is 41.6 Å². The summed E-state index contributed by atoms with van der Waals surface area (Å²) in [5.41, 5.74) is 1.14. The van der Waals surface area contributed by atoms with E-state index in [1.807, 2.05) is 29.2 Å². The number of carbonyl (C=O) groups excluding carboxylic acids is 1. The molecule has 4 nitrogen and oxygen atoms in total. The number of hydrogen-bond donors (Lipinski definition) is 1. The largest absolute Gasteiger partial charge is 0.480 e. The molecule has 1 aromatic rings. The van der Waals surface area contributed by atoms with Crippen LogP contribution in [0.1, 0.15) is 25.3 Å². The maximum atomic E-state index is 12.6. The van der Waals surface area contributed by atoms with Gasteiger partial charge in [0.2, 0.25) is 0 Å². The molecule has 0 spiro atoms. The molecular formula is C16H22N2O2. The fraction of sp³-hybridized carbons (Fsp3) is 0.562. The van der Waals surface area contributed by atoms with Crippen LogP contribution in [0.25, 0.3) is 0 Å². The molecule has 1 saturated heterocycles. The van der Waals surface area contributed by atoms with Gasteiger partial charge in [0.05, 0.1) is 0 Å². The number of hydrogen-bond acceptors (Lipinski definition) is 3. The Labute approximate surface area is 120 Å². The Morgan fingerprint density at radius 2 is 2.30 bits per heavy atom. The van der Waals surface area contributed by atoms with Crippen molar-refractivity contribution in [2.24, 2.45) is 0 Å². The van der Waals surface area contributed by atoms with Crippen molar-refractivity contribution in [3.63, 3.8) is 0 Å². The summed E-state index contributed by atoms with van der Waals surface area (Å²) < 4.78 is 5.81. The van der Waals surface area contributed by atoms with Gasteiger partial charge in [-0.15, -0.1) is 0 Å². The number of likely N-dealkylation sites (tertiary alicyclic amines) is 1. The zero-order valence-corrected chi connectivity index (χ0v) is 12.0. The van der Waals surface area contributed by atoms with Gasteiger partial charge < -0.3 is 15.0 Å². The number of para-hydroxylation sites is 1. The molecule has 1 N–H and O–H groups in total. The fourth-order valence-corrected chi connectivity index (χ4v) is 3.16. The summed E-state index contributed by atoms with van der Waals surface area (Å²) in [4.78, 5) is 14.6. The lowest BCUT2D eigenvalue weighted by Gasteiger charge is -2.34. The van der Waals surface area contributed by atoms with Crippen molar-refractivity contribution in [3.05, 3.63) is 29.8 Å². The van der Waals surface area contributed by atoms with Crippen molar-refractivity contribution in [2.75, 3.05) is 19.6 Å². The lowest BCUT2D eigenvalue weighted by atomic mass is 10.0. The Balaban J connectivity index is 1.63. The van der Waals surface area contributed by atoms with E-state index in [-0.39, 0.29) is 12.0 Å². The van der Waals surface area contributed by atoms with Gasteiger partial charge in [0, 0.05) is 25.6 Å². The van der Waals surface area contributed by atoms with Crippen molar-refractivity contribution in [1.29, 1.82) is 0 Å². The second-order valence-electron chi connectivity index (χ2n) is 5.60. The Hall–Kier alpha value is -1.55.